The molecule has 4 rings (SSSR count). The lowest BCUT2D eigenvalue weighted by atomic mass is 9.94. The van der Waals surface area contributed by atoms with Gasteiger partial charge in [-0.15, -0.1) is 0 Å². The molecule has 0 aliphatic rings. The molecule has 1 aromatic heterocycles. The van der Waals surface area contributed by atoms with Crippen molar-refractivity contribution in [2.75, 3.05) is 13.7 Å². The standard InChI is InChI=1S/C25H21FN2O5/c1-15-6-3-4-7-18(15)19-11-10-16(12-17(19)13-31-2)25-27-24(28-33-25)20-8-5-9-21(23(20)26)32-14-22(29)30/h3-12H,13-14H2,1-2H3,(H,29,30). The molecule has 0 radical (unpaired) electrons. The topological polar surface area (TPSA) is 94.7 Å². The fourth-order valence-electron chi connectivity index (χ4n) is 3.52. The Morgan fingerprint density at radius 1 is 1.06 bits per heavy atom. The second kappa shape index (κ2) is 9.62. The zero-order chi connectivity index (χ0) is 23.4. The van der Waals surface area contributed by atoms with Crippen molar-refractivity contribution in [2.24, 2.45) is 0 Å². The van der Waals surface area contributed by atoms with E-state index in [1.807, 2.05) is 43.3 Å². The molecule has 0 unspecified atom stereocenters. The fraction of sp³-hybridized carbons (Fsp3) is 0.160. The van der Waals surface area contributed by atoms with Crippen LogP contribution in [0.25, 0.3) is 34.0 Å². The molecule has 1 heterocycles. The van der Waals surface area contributed by atoms with E-state index in [1.165, 1.54) is 18.2 Å². The highest BCUT2D eigenvalue weighted by atomic mass is 19.1. The Morgan fingerprint density at radius 3 is 2.61 bits per heavy atom. The first-order chi connectivity index (χ1) is 16.0. The highest BCUT2D eigenvalue weighted by Gasteiger charge is 2.19. The summed E-state index contributed by atoms with van der Waals surface area (Å²) in [4.78, 5) is 15.0. The minimum Gasteiger partial charge on any atom is -0.479 e. The first kappa shape index (κ1) is 22.2. The summed E-state index contributed by atoms with van der Waals surface area (Å²) in [7, 11) is 1.63. The lowest BCUT2D eigenvalue weighted by molar-refractivity contribution is -0.139. The van der Waals surface area contributed by atoms with Crippen LogP contribution < -0.4 is 4.74 Å². The lowest BCUT2D eigenvalue weighted by Gasteiger charge is -2.12. The van der Waals surface area contributed by atoms with Crippen molar-refractivity contribution in [3.8, 4) is 39.7 Å². The number of hydrogen-bond donors (Lipinski definition) is 1. The summed E-state index contributed by atoms with van der Waals surface area (Å²) in [6.45, 7) is 1.77. The molecule has 0 atom stereocenters. The number of aromatic nitrogens is 2. The van der Waals surface area contributed by atoms with Crippen LogP contribution in [0.3, 0.4) is 0 Å². The van der Waals surface area contributed by atoms with E-state index in [0.717, 1.165) is 22.3 Å². The second-order valence-electron chi connectivity index (χ2n) is 7.34. The number of carboxylic acid groups (broad SMARTS) is 1. The Bertz CT molecular complexity index is 1300. The predicted molar refractivity (Wildman–Crippen MR) is 119 cm³/mol. The molecule has 0 aliphatic heterocycles. The van der Waals surface area contributed by atoms with Gasteiger partial charge >= 0.3 is 5.97 Å². The maximum atomic E-state index is 14.8. The molecule has 0 bridgehead atoms. The number of aryl methyl sites for hydroxylation is 1. The van der Waals surface area contributed by atoms with Gasteiger partial charge in [0.15, 0.2) is 18.2 Å². The van der Waals surface area contributed by atoms with E-state index < -0.39 is 18.4 Å². The smallest absolute Gasteiger partial charge is 0.341 e. The third-order valence-electron chi connectivity index (χ3n) is 5.07. The quantitative estimate of drug-likeness (QED) is 0.399. The van der Waals surface area contributed by atoms with Crippen LogP contribution in [0.4, 0.5) is 4.39 Å². The molecule has 3 aromatic carbocycles. The van der Waals surface area contributed by atoms with Crippen LogP contribution in [-0.2, 0) is 16.1 Å². The van der Waals surface area contributed by atoms with Gasteiger partial charge in [-0.05, 0) is 53.4 Å². The van der Waals surface area contributed by atoms with Crippen molar-refractivity contribution >= 4 is 5.97 Å². The SMILES string of the molecule is COCc1cc(-c2nc(-c3cccc(OCC(=O)O)c3F)no2)ccc1-c1ccccc1C. The molecule has 0 fully saturated rings. The van der Waals surface area contributed by atoms with Crippen LogP contribution in [0.1, 0.15) is 11.1 Å². The highest BCUT2D eigenvalue weighted by Crippen LogP contribution is 2.33. The van der Waals surface area contributed by atoms with E-state index in [-0.39, 0.29) is 23.0 Å². The highest BCUT2D eigenvalue weighted by molar-refractivity contribution is 5.74. The largest absolute Gasteiger partial charge is 0.479 e. The molecule has 0 saturated heterocycles. The molecule has 33 heavy (non-hydrogen) atoms. The summed E-state index contributed by atoms with van der Waals surface area (Å²) in [5.41, 5.74) is 4.93. The van der Waals surface area contributed by atoms with Crippen LogP contribution >= 0.6 is 0 Å². The van der Waals surface area contributed by atoms with Gasteiger partial charge in [-0.25, -0.2) is 9.18 Å². The number of methoxy groups -OCH3 is 1. The van der Waals surface area contributed by atoms with Gasteiger partial charge in [-0.1, -0.05) is 41.6 Å². The third kappa shape index (κ3) is 4.75. The molecule has 4 aromatic rings. The van der Waals surface area contributed by atoms with Gasteiger partial charge in [0.1, 0.15) is 0 Å². The lowest BCUT2D eigenvalue weighted by Crippen LogP contribution is -2.10. The number of rotatable bonds is 8. The average molecular weight is 448 g/mol. The Balaban J connectivity index is 1.68. The predicted octanol–water partition coefficient (Wildman–Crippen LogP) is 5.13. The summed E-state index contributed by atoms with van der Waals surface area (Å²) in [5, 5.41) is 12.7. The average Bonchev–Trinajstić information content (AvgIpc) is 3.29. The van der Waals surface area contributed by atoms with Gasteiger partial charge in [-0.2, -0.15) is 4.98 Å². The number of carboxylic acids is 1. The molecule has 0 aliphatic carbocycles. The molecule has 168 valence electrons. The van der Waals surface area contributed by atoms with Crippen molar-refractivity contribution < 1.29 is 28.3 Å². The summed E-state index contributed by atoms with van der Waals surface area (Å²) in [6, 6.07) is 18.1. The van der Waals surface area contributed by atoms with Crippen LogP contribution in [0.5, 0.6) is 5.75 Å². The van der Waals surface area contributed by atoms with Gasteiger partial charge in [0.25, 0.3) is 5.89 Å². The van der Waals surface area contributed by atoms with E-state index >= 15 is 0 Å². The van der Waals surface area contributed by atoms with Gasteiger partial charge < -0.3 is 19.1 Å². The number of nitrogens with zero attached hydrogens (tertiary/aromatic N) is 2. The van der Waals surface area contributed by atoms with Gasteiger partial charge in [0.2, 0.25) is 5.82 Å². The molecular formula is C25H21FN2O5. The number of hydrogen-bond acceptors (Lipinski definition) is 6. The molecule has 0 spiro atoms. The Labute approximate surface area is 189 Å². The summed E-state index contributed by atoms with van der Waals surface area (Å²) >= 11 is 0. The van der Waals surface area contributed by atoms with E-state index in [1.54, 1.807) is 7.11 Å². The molecular weight excluding hydrogens is 427 g/mol. The number of aliphatic carboxylic acids is 1. The molecule has 0 saturated carbocycles. The Kier molecular flexibility index (Phi) is 6.46. The van der Waals surface area contributed by atoms with E-state index in [4.69, 9.17) is 19.1 Å². The normalized spacial score (nSPS) is 10.9. The Hall–Kier alpha value is -4.04. The number of halogens is 1. The Morgan fingerprint density at radius 2 is 1.85 bits per heavy atom. The molecule has 0 amide bonds. The number of ether oxygens (including phenoxy) is 2. The maximum Gasteiger partial charge on any atom is 0.341 e. The zero-order valence-electron chi connectivity index (χ0n) is 18.0. The molecule has 1 N–H and O–H groups in total. The number of carbonyl (C=O) groups is 1. The monoisotopic (exact) mass is 448 g/mol. The molecule has 7 nitrogen and oxygen atoms in total. The second-order valence-corrected chi connectivity index (χ2v) is 7.34. The van der Waals surface area contributed by atoms with Gasteiger partial charge in [0.05, 0.1) is 12.2 Å². The van der Waals surface area contributed by atoms with Crippen LogP contribution in [0, 0.1) is 12.7 Å². The van der Waals surface area contributed by atoms with E-state index in [0.29, 0.717) is 12.2 Å². The van der Waals surface area contributed by atoms with Crippen LogP contribution in [0.15, 0.2) is 65.2 Å². The van der Waals surface area contributed by atoms with Gasteiger partial charge in [0, 0.05) is 12.7 Å². The van der Waals surface area contributed by atoms with Crippen molar-refractivity contribution in [3.63, 3.8) is 0 Å². The van der Waals surface area contributed by atoms with Crippen LogP contribution in [0.2, 0.25) is 0 Å². The molecule has 8 heteroatoms. The van der Waals surface area contributed by atoms with Crippen molar-refractivity contribution in [1.82, 2.24) is 10.1 Å². The number of benzene rings is 3. The van der Waals surface area contributed by atoms with Crippen LogP contribution in [-0.4, -0.2) is 34.9 Å². The summed E-state index contributed by atoms with van der Waals surface area (Å²) in [5.74, 6) is -1.93. The summed E-state index contributed by atoms with van der Waals surface area (Å²) < 4.78 is 30.6. The van der Waals surface area contributed by atoms with Crippen molar-refractivity contribution in [3.05, 3.63) is 77.6 Å². The third-order valence-corrected chi connectivity index (χ3v) is 5.07. The minimum absolute atomic E-state index is 0.0274. The minimum atomic E-state index is -1.21. The van der Waals surface area contributed by atoms with E-state index in [9.17, 15) is 9.18 Å². The van der Waals surface area contributed by atoms with Crippen molar-refractivity contribution in [2.45, 2.75) is 13.5 Å². The summed E-state index contributed by atoms with van der Waals surface area (Å²) in [6.07, 6.45) is 0. The fourth-order valence-corrected chi connectivity index (χ4v) is 3.52. The maximum absolute atomic E-state index is 14.8. The van der Waals surface area contributed by atoms with Gasteiger partial charge in [-0.3, -0.25) is 0 Å². The van der Waals surface area contributed by atoms with Crippen molar-refractivity contribution in [1.29, 1.82) is 0 Å². The zero-order valence-corrected chi connectivity index (χ0v) is 18.0. The first-order valence-corrected chi connectivity index (χ1v) is 10.1. The van der Waals surface area contributed by atoms with E-state index in [2.05, 4.69) is 16.2 Å². The first-order valence-electron chi connectivity index (χ1n) is 10.1.